The zero-order valence-corrected chi connectivity index (χ0v) is 22.4. The van der Waals surface area contributed by atoms with Crippen molar-refractivity contribution in [2.45, 2.75) is 36.2 Å². The predicted octanol–water partition coefficient (Wildman–Crippen LogP) is 4.41. The van der Waals surface area contributed by atoms with E-state index in [1.54, 1.807) is 30.9 Å². The number of fused-ring (bicyclic) bond motifs is 2. The van der Waals surface area contributed by atoms with Crippen molar-refractivity contribution in [2.75, 3.05) is 31.1 Å². The van der Waals surface area contributed by atoms with Crippen LogP contribution in [0.25, 0.3) is 22.3 Å². The molecular formula is C27H31N5O2S2. The average Bonchev–Trinajstić information content (AvgIpc) is 3.14. The minimum Gasteiger partial charge on any atom is -0.305 e. The molecule has 0 bridgehead atoms. The van der Waals surface area contributed by atoms with E-state index in [-0.39, 0.29) is 5.75 Å². The highest BCUT2D eigenvalue weighted by Gasteiger charge is 2.18. The molecule has 7 nitrogen and oxygen atoms in total. The standard InChI is InChI=1S/C27H31N5O2S2/c1-3-36(33,34)24-9-7-20-11-15-32(16-12-21(20)19-24)14-5-17-35-27-30-29-26(31(27)2)23-8-10-25-22(18-23)6-4-13-28-25/h4,6-10,13,18-19H,3,5,11-12,14-17H2,1-2H3. The molecule has 2 aromatic heterocycles. The van der Waals surface area contributed by atoms with Crippen LogP contribution in [-0.4, -0.2) is 64.2 Å². The maximum atomic E-state index is 12.3. The molecule has 0 saturated heterocycles. The van der Waals surface area contributed by atoms with E-state index in [2.05, 4.69) is 36.8 Å². The van der Waals surface area contributed by atoms with Crippen LogP contribution in [0.15, 0.2) is 64.8 Å². The number of nitrogens with zero attached hydrogens (tertiary/aromatic N) is 5. The second kappa shape index (κ2) is 10.7. The second-order valence-electron chi connectivity index (χ2n) is 9.15. The monoisotopic (exact) mass is 521 g/mol. The van der Waals surface area contributed by atoms with Gasteiger partial charge in [-0.2, -0.15) is 0 Å². The van der Waals surface area contributed by atoms with E-state index in [1.165, 1.54) is 11.1 Å². The van der Waals surface area contributed by atoms with Gasteiger partial charge in [0.15, 0.2) is 20.8 Å². The third kappa shape index (κ3) is 5.33. The molecule has 36 heavy (non-hydrogen) atoms. The lowest BCUT2D eigenvalue weighted by Gasteiger charge is -2.19. The lowest BCUT2D eigenvalue weighted by Crippen LogP contribution is -2.27. The topological polar surface area (TPSA) is 81.0 Å². The molecule has 4 aromatic rings. The van der Waals surface area contributed by atoms with E-state index >= 15 is 0 Å². The second-order valence-corrected chi connectivity index (χ2v) is 12.5. The molecule has 0 unspecified atom stereocenters. The first kappa shape index (κ1) is 24.9. The third-order valence-electron chi connectivity index (χ3n) is 6.86. The van der Waals surface area contributed by atoms with Gasteiger partial charge in [-0.3, -0.25) is 4.98 Å². The molecule has 1 aliphatic rings. The Morgan fingerprint density at radius 2 is 1.83 bits per heavy atom. The molecule has 0 aliphatic carbocycles. The van der Waals surface area contributed by atoms with Crippen molar-refractivity contribution < 1.29 is 8.42 Å². The highest BCUT2D eigenvalue weighted by atomic mass is 32.2. The summed E-state index contributed by atoms with van der Waals surface area (Å²) in [5, 5.41) is 10.9. The molecule has 0 saturated carbocycles. The van der Waals surface area contributed by atoms with E-state index in [9.17, 15) is 8.42 Å². The summed E-state index contributed by atoms with van der Waals surface area (Å²) in [6, 6.07) is 15.9. The fourth-order valence-electron chi connectivity index (χ4n) is 4.69. The van der Waals surface area contributed by atoms with Gasteiger partial charge in [-0.05, 0) is 73.3 Å². The SMILES string of the molecule is CCS(=O)(=O)c1ccc2c(c1)CCN(CCCSc1nnc(-c3ccc4ncccc4c3)n1C)CC2. The van der Waals surface area contributed by atoms with Crippen molar-refractivity contribution in [3.05, 3.63) is 65.9 Å². The maximum Gasteiger partial charge on any atom is 0.191 e. The van der Waals surface area contributed by atoms with Crippen molar-refractivity contribution >= 4 is 32.5 Å². The molecular weight excluding hydrogens is 490 g/mol. The van der Waals surface area contributed by atoms with Gasteiger partial charge in [-0.15, -0.1) is 10.2 Å². The summed E-state index contributed by atoms with van der Waals surface area (Å²) in [6.45, 7) is 4.67. The molecule has 0 atom stereocenters. The molecule has 0 radical (unpaired) electrons. The van der Waals surface area contributed by atoms with Crippen molar-refractivity contribution in [3.8, 4) is 11.4 Å². The number of rotatable bonds is 8. The number of aromatic nitrogens is 4. The smallest absolute Gasteiger partial charge is 0.191 e. The molecule has 2 aromatic carbocycles. The maximum absolute atomic E-state index is 12.3. The number of thioether (sulfide) groups is 1. The van der Waals surface area contributed by atoms with Gasteiger partial charge >= 0.3 is 0 Å². The summed E-state index contributed by atoms with van der Waals surface area (Å²) in [6.07, 6.45) is 4.71. The van der Waals surface area contributed by atoms with Gasteiger partial charge in [0.1, 0.15) is 0 Å². The van der Waals surface area contributed by atoms with E-state index < -0.39 is 9.84 Å². The van der Waals surface area contributed by atoms with Crippen LogP contribution >= 0.6 is 11.8 Å². The summed E-state index contributed by atoms with van der Waals surface area (Å²) in [5.41, 5.74) is 4.47. The van der Waals surface area contributed by atoms with Crippen LogP contribution in [0.3, 0.4) is 0 Å². The first-order valence-corrected chi connectivity index (χ1v) is 15.0. The van der Waals surface area contributed by atoms with Crippen LogP contribution in [0.5, 0.6) is 0 Å². The van der Waals surface area contributed by atoms with Crippen LogP contribution in [0, 0.1) is 0 Å². The summed E-state index contributed by atoms with van der Waals surface area (Å²) in [7, 11) is -1.14. The largest absolute Gasteiger partial charge is 0.305 e. The Morgan fingerprint density at radius 3 is 2.67 bits per heavy atom. The first-order chi connectivity index (χ1) is 17.4. The molecule has 0 amide bonds. The summed E-state index contributed by atoms with van der Waals surface area (Å²) in [4.78, 5) is 7.33. The lowest BCUT2D eigenvalue weighted by atomic mass is 10.0. The quantitative estimate of drug-likeness (QED) is 0.251. The summed E-state index contributed by atoms with van der Waals surface area (Å²) in [5.74, 6) is 1.97. The Hall–Kier alpha value is -2.75. The van der Waals surface area contributed by atoms with E-state index in [1.807, 2.05) is 37.4 Å². The van der Waals surface area contributed by atoms with Crippen LogP contribution in [0.2, 0.25) is 0 Å². The van der Waals surface area contributed by atoms with Crippen LogP contribution in [-0.2, 0) is 29.7 Å². The van der Waals surface area contributed by atoms with E-state index in [0.29, 0.717) is 4.90 Å². The number of sulfone groups is 1. The zero-order valence-electron chi connectivity index (χ0n) is 20.7. The first-order valence-electron chi connectivity index (χ1n) is 12.4. The Kier molecular flexibility index (Phi) is 7.41. The van der Waals surface area contributed by atoms with Gasteiger partial charge in [-0.25, -0.2) is 8.42 Å². The average molecular weight is 522 g/mol. The number of benzene rings is 2. The fraction of sp³-hybridized carbons (Fsp3) is 0.370. The third-order valence-corrected chi connectivity index (χ3v) is 9.70. The molecule has 0 fully saturated rings. The molecule has 3 heterocycles. The number of hydrogen-bond donors (Lipinski definition) is 0. The Labute approximate surface area is 216 Å². The highest BCUT2D eigenvalue weighted by molar-refractivity contribution is 7.99. The normalized spacial score (nSPS) is 14.6. The predicted molar refractivity (Wildman–Crippen MR) is 145 cm³/mol. The Morgan fingerprint density at radius 1 is 1.00 bits per heavy atom. The summed E-state index contributed by atoms with van der Waals surface area (Å²) < 4.78 is 26.6. The van der Waals surface area contributed by atoms with Crippen LogP contribution in [0.4, 0.5) is 0 Å². The molecule has 0 spiro atoms. The lowest BCUT2D eigenvalue weighted by molar-refractivity contribution is 0.289. The fourth-order valence-corrected chi connectivity index (χ4v) is 6.46. The van der Waals surface area contributed by atoms with E-state index in [0.717, 1.165) is 72.1 Å². The molecule has 0 N–H and O–H groups in total. The van der Waals surface area contributed by atoms with Gasteiger partial charge < -0.3 is 9.47 Å². The zero-order chi connectivity index (χ0) is 25.1. The van der Waals surface area contributed by atoms with Gasteiger partial charge in [-0.1, -0.05) is 30.8 Å². The van der Waals surface area contributed by atoms with Gasteiger partial charge in [0.05, 0.1) is 16.2 Å². The van der Waals surface area contributed by atoms with E-state index in [4.69, 9.17) is 0 Å². The van der Waals surface area contributed by atoms with Crippen LogP contribution < -0.4 is 0 Å². The Balaban J connectivity index is 1.15. The molecule has 5 rings (SSSR count). The highest BCUT2D eigenvalue weighted by Crippen LogP contribution is 2.26. The van der Waals surface area contributed by atoms with Crippen molar-refractivity contribution in [1.29, 1.82) is 0 Å². The van der Waals surface area contributed by atoms with Gasteiger partial charge in [0.25, 0.3) is 0 Å². The number of hydrogen-bond acceptors (Lipinski definition) is 7. The van der Waals surface area contributed by atoms with Gasteiger partial charge in [0.2, 0.25) is 0 Å². The minimum atomic E-state index is -3.16. The van der Waals surface area contributed by atoms with Crippen molar-refractivity contribution in [3.63, 3.8) is 0 Å². The van der Waals surface area contributed by atoms with Crippen LogP contribution in [0.1, 0.15) is 24.5 Å². The molecule has 9 heteroatoms. The van der Waals surface area contributed by atoms with Crippen molar-refractivity contribution in [2.24, 2.45) is 7.05 Å². The minimum absolute atomic E-state index is 0.141. The van der Waals surface area contributed by atoms with Gasteiger partial charge in [0, 0.05) is 43.0 Å². The molecule has 188 valence electrons. The molecule has 1 aliphatic heterocycles. The number of pyridine rings is 1. The van der Waals surface area contributed by atoms with Crippen molar-refractivity contribution in [1.82, 2.24) is 24.6 Å². The summed E-state index contributed by atoms with van der Waals surface area (Å²) >= 11 is 1.74. The Bertz CT molecular complexity index is 1480.